The van der Waals surface area contributed by atoms with Crippen LogP contribution in [0.4, 0.5) is 0 Å². The zero-order chi connectivity index (χ0) is 10.4. The molecule has 0 unspecified atom stereocenters. The van der Waals surface area contributed by atoms with Gasteiger partial charge in [0.25, 0.3) is 0 Å². The first kappa shape index (κ1) is 9.66. The van der Waals surface area contributed by atoms with Crippen LogP contribution in [-0.4, -0.2) is 4.98 Å². The van der Waals surface area contributed by atoms with E-state index in [1.807, 2.05) is 0 Å². The molecule has 0 bridgehead atoms. The second kappa shape index (κ2) is 3.49. The van der Waals surface area contributed by atoms with Gasteiger partial charge in [0, 0.05) is 24.3 Å². The smallest absolute Gasteiger partial charge is 0.0609 e. The summed E-state index contributed by atoms with van der Waals surface area (Å²) in [7, 11) is 0. The third kappa shape index (κ3) is 1.49. The van der Waals surface area contributed by atoms with Crippen molar-refractivity contribution < 1.29 is 0 Å². The van der Waals surface area contributed by atoms with Crippen LogP contribution in [-0.2, 0) is 0 Å². The number of para-hydroxylation sites is 1. The molecule has 1 N–H and O–H groups in total. The molecule has 0 fully saturated rings. The first-order chi connectivity index (χ1) is 7.25. The van der Waals surface area contributed by atoms with Crippen molar-refractivity contribution in [2.24, 2.45) is 0 Å². The SMILES string of the molecule is Brc1cccc2c1[nH]c1ccc(I)cc12. The van der Waals surface area contributed by atoms with Crippen LogP contribution in [0, 0.1) is 3.57 Å². The Morgan fingerprint density at radius 2 is 1.93 bits per heavy atom. The Hall–Kier alpha value is -0.550. The molecule has 0 aliphatic rings. The lowest BCUT2D eigenvalue weighted by Crippen LogP contribution is -1.70. The molecular formula is C12H7BrIN. The number of H-pyrrole nitrogens is 1. The maximum atomic E-state index is 3.56. The summed E-state index contributed by atoms with van der Waals surface area (Å²) in [5.74, 6) is 0. The van der Waals surface area contributed by atoms with E-state index in [0.29, 0.717) is 0 Å². The van der Waals surface area contributed by atoms with E-state index in [4.69, 9.17) is 0 Å². The number of hydrogen-bond acceptors (Lipinski definition) is 0. The van der Waals surface area contributed by atoms with E-state index in [-0.39, 0.29) is 0 Å². The second-order valence-electron chi connectivity index (χ2n) is 3.48. The molecule has 1 aromatic heterocycles. The quantitative estimate of drug-likeness (QED) is 0.552. The van der Waals surface area contributed by atoms with Crippen LogP contribution >= 0.6 is 38.5 Å². The molecule has 1 heterocycles. The first-order valence-electron chi connectivity index (χ1n) is 4.61. The van der Waals surface area contributed by atoms with Crippen LogP contribution < -0.4 is 0 Å². The van der Waals surface area contributed by atoms with Gasteiger partial charge in [-0.2, -0.15) is 0 Å². The van der Waals surface area contributed by atoms with E-state index in [1.54, 1.807) is 0 Å². The van der Waals surface area contributed by atoms with Gasteiger partial charge in [-0.1, -0.05) is 12.1 Å². The van der Waals surface area contributed by atoms with E-state index < -0.39 is 0 Å². The standard InChI is InChI=1S/C12H7BrIN/c13-10-3-1-2-8-9-6-7(14)4-5-11(9)15-12(8)10/h1-6,15H. The third-order valence-electron chi connectivity index (χ3n) is 2.55. The molecule has 0 spiro atoms. The van der Waals surface area contributed by atoms with Crippen LogP contribution in [0.2, 0.25) is 0 Å². The zero-order valence-corrected chi connectivity index (χ0v) is 11.5. The average Bonchev–Trinajstić information content (AvgIpc) is 2.58. The molecule has 15 heavy (non-hydrogen) atoms. The lowest BCUT2D eigenvalue weighted by molar-refractivity contribution is 1.52. The number of benzene rings is 2. The Balaban J connectivity index is 2.58. The van der Waals surface area contributed by atoms with Crippen LogP contribution in [0.25, 0.3) is 21.8 Å². The van der Waals surface area contributed by atoms with Crippen molar-refractivity contribution in [1.29, 1.82) is 0 Å². The number of hydrogen-bond donors (Lipinski definition) is 1. The van der Waals surface area contributed by atoms with Crippen molar-refractivity contribution in [2.75, 3.05) is 0 Å². The van der Waals surface area contributed by atoms with Gasteiger partial charge < -0.3 is 4.98 Å². The minimum atomic E-state index is 1.12. The molecule has 0 saturated carbocycles. The van der Waals surface area contributed by atoms with E-state index in [1.165, 1.54) is 25.4 Å². The number of rotatable bonds is 0. The highest BCUT2D eigenvalue weighted by molar-refractivity contribution is 14.1. The summed E-state index contributed by atoms with van der Waals surface area (Å²) in [6.07, 6.45) is 0. The van der Waals surface area contributed by atoms with Crippen molar-refractivity contribution in [1.82, 2.24) is 4.98 Å². The van der Waals surface area contributed by atoms with Crippen molar-refractivity contribution in [3.05, 3.63) is 44.4 Å². The van der Waals surface area contributed by atoms with Crippen molar-refractivity contribution in [3.8, 4) is 0 Å². The van der Waals surface area contributed by atoms with E-state index >= 15 is 0 Å². The van der Waals surface area contributed by atoms with Crippen molar-refractivity contribution in [2.45, 2.75) is 0 Å². The second-order valence-corrected chi connectivity index (χ2v) is 5.58. The van der Waals surface area contributed by atoms with Gasteiger partial charge in [-0.05, 0) is 62.8 Å². The molecule has 0 saturated heterocycles. The fourth-order valence-electron chi connectivity index (χ4n) is 1.86. The van der Waals surface area contributed by atoms with Gasteiger partial charge in [0.2, 0.25) is 0 Å². The largest absolute Gasteiger partial charge is 0.354 e. The minimum Gasteiger partial charge on any atom is -0.354 e. The summed E-state index contributed by atoms with van der Waals surface area (Å²) in [4.78, 5) is 3.42. The number of aromatic nitrogens is 1. The molecule has 3 aromatic rings. The fourth-order valence-corrected chi connectivity index (χ4v) is 2.82. The van der Waals surface area contributed by atoms with Gasteiger partial charge in [0.15, 0.2) is 0 Å². The Morgan fingerprint density at radius 3 is 2.80 bits per heavy atom. The normalized spacial score (nSPS) is 11.3. The summed E-state index contributed by atoms with van der Waals surface area (Å²) < 4.78 is 2.38. The molecule has 0 aliphatic heterocycles. The highest BCUT2D eigenvalue weighted by Gasteiger charge is 2.06. The first-order valence-corrected chi connectivity index (χ1v) is 6.48. The molecule has 1 nitrogen and oxygen atoms in total. The minimum absolute atomic E-state index is 1.12. The average molecular weight is 372 g/mol. The Bertz CT molecular complexity index is 657. The molecule has 0 radical (unpaired) electrons. The maximum Gasteiger partial charge on any atom is 0.0609 e. The molecule has 0 amide bonds. The summed E-state index contributed by atoms with van der Waals surface area (Å²) in [6, 6.07) is 12.7. The molecule has 3 heteroatoms. The number of fused-ring (bicyclic) bond motifs is 3. The van der Waals surface area contributed by atoms with Crippen LogP contribution in [0.1, 0.15) is 0 Å². The summed E-state index contributed by atoms with van der Waals surface area (Å²) in [6.45, 7) is 0. The van der Waals surface area contributed by atoms with Gasteiger partial charge in [-0.25, -0.2) is 0 Å². The number of nitrogens with one attached hydrogen (secondary N) is 1. The monoisotopic (exact) mass is 371 g/mol. The summed E-state index contributed by atoms with van der Waals surface area (Å²) in [5.41, 5.74) is 2.37. The molecular weight excluding hydrogens is 365 g/mol. The topological polar surface area (TPSA) is 15.8 Å². The summed E-state index contributed by atoms with van der Waals surface area (Å²) >= 11 is 5.90. The molecule has 0 aliphatic carbocycles. The molecule has 3 rings (SSSR count). The Labute approximate surface area is 109 Å². The molecule has 2 aromatic carbocycles. The molecule has 0 atom stereocenters. The highest BCUT2D eigenvalue weighted by Crippen LogP contribution is 2.30. The Morgan fingerprint density at radius 1 is 1.07 bits per heavy atom. The van der Waals surface area contributed by atoms with E-state index in [9.17, 15) is 0 Å². The number of halogens is 2. The van der Waals surface area contributed by atoms with Crippen LogP contribution in [0.5, 0.6) is 0 Å². The van der Waals surface area contributed by atoms with Crippen molar-refractivity contribution in [3.63, 3.8) is 0 Å². The Kier molecular flexibility index (Phi) is 2.25. The number of aromatic amines is 1. The van der Waals surface area contributed by atoms with Crippen LogP contribution in [0.3, 0.4) is 0 Å². The predicted octanol–water partition coefficient (Wildman–Crippen LogP) is 4.69. The van der Waals surface area contributed by atoms with Gasteiger partial charge in [-0.3, -0.25) is 0 Å². The van der Waals surface area contributed by atoms with Crippen molar-refractivity contribution >= 4 is 60.3 Å². The third-order valence-corrected chi connectivity index (χ3v) is 3.88. The fraction of sp³-hybridized carbons (Fsp3) is 0. The highest BCUT2D eigenvalue weighted by atomic mass is 127. The van der Waals surface area contributed by atoms with Gasteiger partial charge in [0.05, 0.1) is 5.52 Å². The van der Waals surface area contributed by atoms with E-state index in [2.05, 4.69) is 79.9 Å². The van der Waals surface area contributed by atoms with Gasteiger partial charge in [-0.15, -0.1) is 0 Å². The lowest BCUT2D eigenvalue weighted by atomic mass is 10.2. The summed E-state index contributed by atoms with van der Waals surface area (Å²) in [5, 5.41) is 2.57. The predicted molar refractivity (Wildman–Crippen MR) is 76.2 cm³/mol. The maximum absolute atomic E-state index is 3.56. The van der Waals surface area contributed by atoms with Gasteiger partial charge in [0.1, 0.15) is 0 Å². The van der Waals surface area contributed by atoms with Gasteiger partial charge >= 0.3 is 0 Å². The van der Waals surface area contributed by atoms with Crippen LogP contribution in [0.15, 0.2) is 40.9 Å². The van der Waals surface area contributed by atoms with E-state index in [0.717, 1.165) is 4.47 Å². The molecule has 74 valence electrons. The lowest BCUT2D eigenvalue weighted by Gasteiger charge is -1.93. The zero-order valence-electron chi connectivity index (χ0n) is 7.72.